The number of cyclic esters (lactones) is 1. The van der Waals surface area contributed by atoms with Crippen LogP contribution in [0.5, 0.6) is 0 Å². The van der Waals surface area contributed by atoms with Crippen molar-refractivity contribution < 1.29 is 24.2 Å². The van der Waals surface area contributed by atoms with Crippen LogP contribution in [0.4, 0.5) is 0 Å². The third-order valence-corrected chi connectivity index (χ3v) is 7.48. The lowest BCUT2D eigenvalue weighted by atomic mass is 9.77. The first-order chi connectivity index (χ1) is 16.4. The van der Waals surface area contributed by atoms with Gasteiger partial charge in [0.1, 0.15) is 6.10 Å². The first-order valence-electron chi connectivity index (χ1n) is 14.1. The van der Waals surface area contributed by atoms with Gasteiger partial charge in [-0.25, -0.2) is 0 Å². The fourth-order valence-corrected chi connectivity index (χ4v) is 5.27. The molecule has 0 saturated carbocycles. The number of hydrogen-bond acceptors (Lipinski definition) is 4. The molecule has 1 aliphatic rings. The zero-order valence-corrected chi connectivity index (χ0v) is 21.9. The number of carbonyl (C=O) groups is 3. The molecular formula is C28H51NO5. The largest absolute Gasteiger partial charge is 0.481 e. The van der Waals surface area contributed by atoms with Crippen LogP contribution in [-0.4, -0.2) is 29.1 Å². The third kappa shape index (κ3) is 12.8. The summed E-state index contributed by atoms with van der Waals surface area (Å²) in [4.78, 5) is 34.9. The van der Waals surface area contributed by atoms with Gasteiger partial charge in [0, 0.05) is 6.42 Å². The molecule has 4 atom stereocenters. The van der Waals surface area contributed by atoms with Gasteiger partial charge in [0.15, 0.2) is 0 Å². The van der Waals surface area contributed by atoms with E-state index in [9.17, 15) is 19.5 Å². The van der Waals surface area contributed by atoms with Crippen molar-refractivity contribution in [2.75, 3.05) is 0 Å². The third-order valence-electron chi connectivity index (χ3n) is 7.48. The van der Waals surface area contributed by atoms with Crippen LogP contribution in [0.25, 0.3) is 0 Å². The van der Waals surface area contributed by atoms with E-state index in [4.69, 9.17) is 10.5 Å². The number of ether oxygens (including phenoxy) is 1. The van der Waals surface area contributed by atoms with Crippen molar-refractivity contribution in [1.82, 2.24) is 0 Å². The zero-order valence-electron chi connectivity index (χ0n) is 21.9. The highest BCUT2D eigenvalue weighted by atomic mass is 16.6. The molecule has 1 unspecified atom stereocenters. The van der Waals surface area contributed by atoms with Crippen LogP contribution in [0.15, 0.2) is 0 Å². The number of amides is 1. The molecule has 0 bridgehead atoms. The summed E-state index contributed by atoms with van der Waals surface area (Å²) in [5, 5.41) is 9.68. The Bertz CT molecular complexity index is 579. The van der Waals surface area contributed by atoms with Crippen molar-refractivity contribution in [2.24, 2.45) is 23.5 Å². The number of unbranched alkanes of at least 4 members (excludes halogenated alkanes) is 14. The highest BCUT2D eigenvalue weighted by molar-refractivity contribution is 5.81. The molecule has 198 valence electrons. The fourth-order valence-electron chi connectivity index (χ4n) is 5.27. The normalized spacial score (nSPS) is 19.3. The summed E-state index contributed by atoms with van der Waals surface area (Å²) < 4.78 is 5.29. The van der Waals surface area contributed by atoms with Gasteiger partial charge in [0.2, 0.25) is 5.91 Å². The number of aliphatic carboxylic acids is 1. The maximum Gasteiger partial charge on any atom is 0.312 e. The molecule has 1 saturated heterocycles. The van der Waals surface area contributed by atoms with Gasteiger partial charge in [-0.2, -0.15) is 0 Å². The predicted octanol–water partition coefficient (Wildman–Crippen LogP) is 6.78. The topological polar surface area (TPSA) is 107 Å². The van der Waals surface area contributed by atoms with Crippen molar-refractivity contribution in [3.8, 4) is 0 Å². The standard InChI is InChI=1S/C28H51NO5/c1-3-5-6-7-8-9-10-11-12-13-14-15-16-17-18-19-22(24(27(31)32)21-26(29)30)20-25-23(4-2)28(33)34-25/h22-25H,3-21H2,1-2H3,(H2,29,30)(H,31,32)/t22?,23-,24-,25-/m0/s1. The molecule has 34 heavy (non-hydrogen) atoms. The summed E-state index contributed by atoms with van der Waals surface area (Å²) in [5.41, 5.74) is 5.32. The van der Waals surface area contributed by atoms with Gasteiger partial charge in [-0.05, 0) is 25.2 Å². The van der Waals surface area contributed by atoms with Crippen LogP contribution in [0.3, 0.4) is 0 Å². The average Bonchev–Trinajstić information content (AvgIpc) is 2.78. The second kappa shape index (κ2) is 18.7. The molecule has 6 heteroatoms. The Balaban J connectivity index is 2.21. The van der Waals surface area contributed by atoms with Crippen molar-refractivity contribution >= 4 is 17.8 Å². The van der Waals surface area contributed by atoms with Crippen LogP contribution >= 0.6 is 0 Å². The minimum atomic E-state index is -0.983. The Kier molecular flexibility index (Phi) is 16.7. The van der Waals surface area contributed by atoms with Gasteiger partial charge in [0.25, 0.3) is 0 Å². The fraction of sp³-hybridized carbons (Fsp3) is 0.893. The summed E-state index contributed by atoms with van der Waals surface area (Å²) in [6, 6.07) is 0. The molecule has 0 aromatic rings. The lowest BCUT2D eigenvalue weighted by molar-refractivity contribution is -0.187. The number of esters is 1. The first kappa shape index (κ1) is 30.4. The molecule has 0 radical (unpaired) electrons. The molecule has 1 rings (SSSR count). The minimum Gasteiger partial charge on any atom is -0.481 e. The number of primary amides is 1. The van der Waals surface area contributed by atoms with E-state index in [-0.39, 0.29) is 30.3 Å². The Morgan fingerprint density at radius 3 is 1.71 bits per heavy atom. The number of hydrogen-bond donors (Lipinski definition) is 2. The van der Waals surface area contributed by atoms with Gasteiger partial charge in [-0.1, -0.05) is 110 Å². The Labute approximate surface area is 207 Å². The number of carbonyl (C=O) groups excluding carboxylic acids is 2. The van der Waals surface area contributed by atoms with Gasteiger partial charge < -0.3 is 15.6 Å². The molecule has 0 spiro atoms. The lowest BCUT2D eigenvalue weighted by Crippen LogP contribution is -2.46. The minimum absolute atomic E-state index is 0.147. The molecule has 0 aliphatic carbocycles. The molecular weight excluding hydrogens is 430 g/mol. The Morgan fingerprint density at radius 2 is 1.32 bits per heavy atom. The zero-order chi connectivity index (χ0) is 25.2. The second-order valence-electron chi connectivity index (χ2n) is 10.3. The van der Waals surface area contributed by atoms with E-state index in [1.54, 1.807) is 0 Å². The van der Waals surface area contributed by atoms with E-state index in [0.29, 0.717) is 12.8 Å². The number of rotatable bonds is 23. The van der Waals surface area contributed by atoms with Crippen LogP contribution in [0, 0.1) is 17.8 Å². The summed E-state index contributed by atoms with van der Waals surface area (Å²) in [7, 11) is 0. The first-order valence-corrected chi connectivity index (χ1v) is 14.1. The van der Waals surface area contributed by atoms with Gasteiger partial charge in [-0.3, -0.25) is 14.4 Å². The van der Waals surface area contributed by atoms with Crippen molar-refractivity contribution in [2.45, 2.75) is 142 Å². The quantitative estimate of drug-likeness (QED) is 0.123. The highest BCUT2D eigenvalue weighted by Crippen LogP contribution is 2.36. The molecule has 0 aromatic heterocycles. The number of nitrogens with two attached hydrogens (primary N) is 1. The van der Waals surface area contributed by atoms with E-state index in [1.165, 1.54) is 77.0 Å². The molecule has 1 amide bonds. The number of carboxylic acid groups (broad SMARTS) is 1. The van der Waals surface area contributed by atoms with Crippen molar-refractivity contribution in [3.63, 3.8) is 0 Å². The van der Waals surface area contributed by atoms with Crippen LogP contribution in [0.2, 0.25) is 0 Å². The number of carboxylic acids is 1. The molecule has 6 nitrogen and oxygen atoms in total. The van der Waals surface area contributed by atoms with Crippen LogP contribution in [0.1, 0.15) is 136 Å². The van der Waals surface area contributed by atoms with Gasteiger partial charge in [0.05, 0.1) is 11.8 Å². The maximum absolute atomic E-state index is 11.8. The average molecular weight is 482 g/mol. The van der Waals surface area contributed by atoms with Crippen molar-refractivity contribution in [1.29, 1.82) is 0 Å². The summed E-state index contributed by atoms with van der Waals surface area (Å²) in [6.07, 6.45) is 20.9. The second-order valence-corrected chi connectivity index (χ2v) is 10.3. The Morgan fingerprint density at radius 1 is 0.853 bits per heavy atom. The molecule has 0 aromatic carbocycles. The van der Waals surface area contributed by atoms with E-state index >= 15 is 0 Å². The molecule has 1 aliphatic heterocycles. The summed E-state index contributed by atoms with van der Waals surface area (Å²) in [5.74, 6) is -2.92. The van der Waals surface area contributed by atoms with Crippen LogP contribution in [-0.2, 0) is 19.1 Å². The molecule has 1 fully saturated rings. The van der Waals surface area contributed by atoms with Crippen LogP contribution < -0.4 is 5.73 Å². The van der Waals surface area contributed by atoms with E-state index in [1.807, 2.05) is 6.92 Å². The summed E-state index contributed by atoms with van der Waals surface area (Å²) in [6.45, 7) is 4.20. The SMILES string of the molecule is CCCCCCCCCCCCCCCCCC(C[C@@H]1OC(=O)[C@H]1CC)[C@H](CC(N)=O)C(=O)O. The van der Waals surface area contributed by atoms with Gasteiger partial charge in [-0.15, -0.1) is 0 Å². The highest BCUT2D eigenvalue weighted by Gasteiger charge is 2.43. The van der Waals surface area contributed by atoms with E-state index in [0.717, 1.165) is 25.7 Å². The van der Waals surface area contributed by atoms with E-state index < -0.39 is 17.8 Å². The lowest BCUT2D eigenvalue weighted by Gasteiger charge is -2.38. The monoisotopic (exact) mass is 481 g/mol. The van der Waals surface area contributed by atoms with E-state index in [2.05, 4.69) is 6.92 Å². The molecule has 1 heterocycles. The smallest absolute Gasteiger partial charge is 0.312 e. The van der Waals surface area contributed by atoms with Gasteiger partial charge >= 0.3 is 11.9 Å². The Hall–Kier alpha value is -1.59. The van der Waals surface area contributed by atoms with Crippen molar-refractivity contribution in [3.05, 3.63) is 0 Å². The summed E-state index contributed by atoms with van der Waals surface area (Å²) >= 11 is 0. The predicted molar refractivity (Wildman–Crippen MR) is 136 cm³/mol. The molecule has 3 N–H and O–H groups in total. The maximum atomic E-state index is 11.8.